The summed E-state index contributed by atoms with van der Waals surface area (Å²) in [6, 6.07) is 3.88. The first-order chi connectivity index (χ1) is 19.9. The molecular weight excluding hydrogens is 550 g/mol. The molecule has 0 aromatic heterocycles. The quantitative estimate of drug-likeness (QED) is 0.214. The zero-order valence-electron chi connectivity index (χ0n) is 30.3. The van der Waals surface area contributed by atoms with Gasteiger partial charge in [-0.2, -0.15) is 0 Å². The van der Waals surface area contributed by atoms with E-state index in [9.17, 15) is 14.7 Å². The maximum atomic E-state index is 14.7. The molecule has 2 N–H and O–H groups in total. The van der Waals surface area contributed by atoms with Crippen LogP contribution < -0.4 is 5.32 Å². The number of carbonyl (C=O) groups is 2. The van der Waals surface area contributed by atoms with Gasteiger partial charge in [0.25, 0.3) is 0 Å². The van der Waals surface area contributed by atoms with E-state index in [-0.39, 0.29) is 51.7 Å². The number of piperidine rings is 1. The van der Waals surface area contributed by atoms with Gasteiger partial charge in [0.2, 0.25) is 0 Å². The number of nitrogens with one attached hydrogen (secondary N) is 1. The number of rotatable bonds is 9. The summed E-state index contributed by atoms with van der Waals surface area (Å²) in [6.07, 6.45) is 5.39. The summed E-state index contributed by atoms with van der Waals surface area (Å²) in [4.78, 5) is 29.3. The first-order valence-electron chi connectivity index (χ1n) is 16.9. The second-order valence-corrected chi connectivity index (χ2v) is 18.2. The largest absolute Gasteiger partial charge is 0.507 e. The van der Waals surface area contributed by atoms with E-state index in [1.54, 1.807) is 0 Å². The van der Waals surface area contributed by atoms with Gasteiger partial charge in [-0.15, -0.1) is 0 Å². The highest BCUT2D eigenvalue weighted by Gasteiger charge is 2.52. The zero-order chi connectivity index (χ0) is 33.5. The average Bonchev–Trinajstić information content (AvgIpc) is 2.78. The molecule has 6 nitrogen and oxygen atoms in total. The van der Waals surface area contributed by atoms with Crippen LogP contribution in [0.15, 0.2) is 12.1 Å². The van der Waals surface area contributed by atoms with E-state index in [0.29, 0.717) is 25.7 Å². The van der Waals surface area contributed by atoms with Crippen molar-refractivity contribution >= 4 is 11.9 Å². The Balaban J connectivity index is 2.10. The summed E-state index contributed by atoms with van der Waals surface area (Å²) in [5.74, 6) is -0.687. The van der Waals surface area contributed by atoms with Crippen molar-refractivity contribution in [1.82, 2.24) is 5.32 Å². The first kappa shape index (κ1) is 36.4. The molecular formula is C38H63NO5. The molecule has 0 bridgehead atoms. The Morgan fingerprint density at radius 2 is 1.34 bits per heavy atom. The van der Waals surface area contributed by atoms with Gasteiger partial charge in [-0.3, -0.25) is 9.59 Å². The third-order valence-corrected chi connectivity index (χ3v) is 9.63. The second-order valence-electron chi connectivity index (χ2n) is 18.2. The molecule has 1 saturated heterocycles. The number of phenolic OH excluding ortho intramolecular Hbond substituents is 1. The van der Waals surface area contributed by atoms with Gasteiger partial charge in [0.05, 0.1) is 0 Å². The number of hydrogen-bond acceptors (Lipinski definition) is 6. The highest BCUT2D eigenvalue weighted by Crippen LogP contribution is 2.48. The molecule has 6 heteroatoms. The molecule has 1 heterocycles. The summed E-state index contributed by atoms with van der Waals surface area (Å²) in [5.41, 5.74) is 0.200. The van der Waals surface area contributed by atoms with E-state index < -0.39 is 17.4 Å². The lowest BCUT2D eigenvalue weighted by molar-refractivity contribution is -0.184. The topological polar surface area (TPSA) is 84.9 Å². The Morgan fingerprint density at radius 3 is 1.80 bits per heavy atom. The van der Waals surface area contributed by atoms with Crippen LogP contribution in [0.4, 0.5) is 0 Å². The predicted octanol–water partition coefficient (Wildman–Crippen LogP) is 8.72. The zero-order valence-corrected chi connectivity index (χ0v) is 30.3. The summed E-state index contributed by atoms with van der Waals surface area (Å²) < 4.78 is 12.9. The number of phenols is 1. The normalized spacial score (nSPS) is 23.0. The molecule has 250 valence electrons. The number of unbranched alkanes of at least 4 members (excludes halogenated alkanes) is 1. The molecule has 0 spiro atoms. The van der Waals surface area contributed by atoms with Gasteiger partial charge < -0.3 is 19.9 Å². The SMILES string of the molecule is CCCCC(Cc1cc(C)c(O)c(C(C)(C)C)c1)(C(=O)OC1CC(C)(C)CC(C)(C)C1)C(=O)OC1CC(C)(C)NC(C)(C)C1. The summed E-state index contributed by atoms with van der Waals surface area (Å²) >= 11 is 0. The third-order valence-electron chi connectivity index (χ3n) is 9.63. The van der Waals surface area contributed by atoms with Gasteiger partial charge in [0.1, 0.15) is 18.0 Å². The molecule has 2 fully saturated rings. The van der Waals surface area contributed by atoms with E-state index >= 15 is 0 Å². The molecule has 0 radical (unpaired) electrons. The lowest BCUT2D eigenvalue weighted by Gasteiger charge is -2.47. The molecule has 1 saturated carbocycles. The van der Waals surface area contributed by atoms with Crippen LogP contribution in [0.5, 0.6) is 5.75 Å². The smallest absolute Gasteiger partial charge is 0.324 e. The number of carbonyl (C=O) groups excluding carboxylic acids is 2. The van der Waals surface area contributed by atoms with Crippen LogP contribution in [0.2, 0.25) is 0 Å². The van der Waals surface area contributed by atoms with Crippen LogP contribution in [0.25, 0.3) is 0 Å². The van der Waals surface area contributed by atoms with Crippen LogP contribution in [-0.4, -0.2) is 40.3 Å². The standard InChI is InChI=1S/C38H63NO5/c1-14-15-16-38(19-26-17-25(2)30(40)29(18-26)33(3,4)5,31(41)43-27-20-34(6,7)24-35(8,9)21-27)32(42)44-28-22-36(10,11)39-37(12,13)23-28/h17-18,27-28,39-40H,14-16,19-24H2,1-13H3. The Labute approximate surface area is 268 Å². The fourth-order valence-corrected chi connectivity index (χ4v) is 8.54. The van der Waals surface area contributed by atoms with Crippen molar-refractivity contribution in [2.45, 2.75) is 176 Å². The molecule has 1 unspecified atom stereocenters. The van der Waals surface area contributed by atoms with Crippen molar-refractivity contribution in [2.24, 2.45) is 16.2 Å². The minimum absolute atomic E-state index is 0.0290. The van der Waals surface area contributed by atoms with E-state index in [2.05, 4.69) is 88.4 Å². The highest BCUT2D eigenvalue weighted by atomic mass is 16.6. The average molecular weight is 614 g/mol. The van der Waals surface area contributed by atoms with E-state index in [4.69, 9.17) is 9.47 Å². The lowest BCUT2D eigenvalue weighted by atomic mass is 9.64. The highest BCUT2D eigenvalue weighted by molar-refractivity contribution is 6.00. The Kier molecular flexibility index (Phi) is 10.4. The maximum absolute atomic E-state index is 14.7. The van der Waals surface area contributed by atoms with Gasteiger partial charge in [0.15, 0.2) is 5.41 Å². The van der Waals surface area contributed by atoms with Crippen LogP contribution >= 0.6 is 0 Å². The fraction of sp³-hybridized carbons (Fsp3) is 0.789. The van der Waals surface area contributed by atoms with E-state index in [1.165, 1.54) is 0 Å². The number of esters is 2. The molecule has 2 aliphatic rings. The number of aryl methyl sites for hydroxylation is 1. The molecule has 0 amide bonds. The molecule has 1 aliphatic heterocycles. The third kappa shape index (κ3) is 9.01. The number of benzene rings is 1. The van der Waals surface area contributed by atoms with Gasteiger partial charge in [0, 0.05) is 23.9 Å². The maximum Gasteiger partial charge on any atom is 0.324 e. The number of ether oxygens (including phenoxy) is 2. The van der Waals surface area contributed by atoms with Crippen LogP contribution in [0, 0.1) is 23.2 Å². The Bertz CT molecular complexity index is 1120. The predicted molar refractivity (Wildman–Crippen MR) is 179 cm³/mol. The van der Waals surface area contributed by atoms with Crippen LogP contribution in [-0.2, 0) is 30.9 Å². The molecule has 1 aliphatic carbocycles. The van der Waals surface area contributed by atoms with Gasteiger partial charge in [-0.25, -0.2) is 0 Å². The Morgan fingerprint density at radius 1 is 0.864 bits per heavy atom. The molecule has 44 heavy (non-hydrogen) atoms. The van der Waals surface area contributed by atoms with Crippen molar-refractivity contribution < 1.29 is 24.2 Å². The van der Waals surface area contributed by atoms with Gasteiger partial charge in [-0.05, 0) is 99.7 Å². The van der Waals surface area contributed by atoms with Crippen molar-refractivity contribution in [1.29, 1.82) is 0 Å². The van der Waals surface area contributed by atoms with Crippen molar-refractivity contribution in [2.75, 3.05) is 0 Å². The number of aromatic hydroxyl groups is 1. The molecule has 3 rings (SSSR count). The van der Waals surface area contributed by atoms with Gasteiger partial charge >= 0.3 is 11.9 Å². The van der Waals surface area contributed by atoms with E-state index in [0.717, 1.165) is 42.4 Å². The van der Waals surface area contributed by atoms with Crippen molar-refractivity contribution in [3.8, 4) is 5.75 Å². The number of hydrogen-bond donors (Lipinski definition) is 2. The van der Waals surface area contributed by atoms with E-state index in [1.807, 2.05) is 19.1 Å². The summed E-state index contributed by atoms with van der Waals surface area (Å²) in [7, 11) is 0. The molecule has 1 atom stereocenters. The monoisotopic (exact) mass is 613 g/mol. The lowest BCUT2D eigenvalue weighted by Crippen LogP contribution is -2.60. The first-order valence-corrected chi connectivity index (χ1v) is 16.9. The summed E-state index contributed by atoms with van der Waals surface area (Å²) in [5, 5.41) is 14.6. The molecule has 1 aromatic carbocycles. The fourth-order valence-electron chi connectivity index (χ4n) is 8.54. The van der Waals surface area contributed by atoms with Crippen LogP contribution in [0.1, 0.15) is 151 Å². The summed E-state index contributed by atoms with van der Waals surface area (Å²) in [6.45, 7) is 27.6. The second kappa shape index (κ2) is 12.6. The minimum atomic E-state index is -1.49. The minimum Gasteiger partial charge on any atom is -0.507 e. The van der Waals surface area contributed by atoms with Crippen LogP contribution in [0.3, 0.4) is 0 Å². The van der Waals surface area contributed by atoms with Crippen molar-refractivity contribution in [3.63, 3.8) is 0 Å². The Hall–Kier alpha value is -2.08. The molecule has 1 aromatic rings. The van der Waals surface area contributed by atoms with Gasteiger partial charge in [-0.1, -0.05) is 80.4 Å². The van der Waals surface area contributed by atoms with Crippen molar-refractivity contribution in [3.05, 3.63) is 28.8 Å².